The molecule has 21 heavy (non-hydrogen) atoms. The van der Waals surface area contributed by atoms with Crippen LogP contribution in [0, 0.1) is 11.7 Å². The normalized spacial score (nSPS) is 18.7. The van der Waals surface area contributed by atoms with Gasteiger partial charge in [-0.2, -0.15) is 0 Å². The van der Waals surface area contributed by atoms with Gasteiger partial charge in [-0.1, -0.05) is 0 Å². The topological polar surface area (TPSA) is 66.6 Å². The minimum atomic E-state index is -0.477. The molecule has 112 valence electrons. The Morgan fingerprint density at radius 3 is 2.33 bits per heavy atom. The summed E-state index contributed by atoms with van der Waals surface area (Å²) in [5.74, 6) is -0.348. The van der Waals surface area contributed by atoms with Gasteiger partial charge >= 0.3 is 0 Å². The van der Waals surface area contributed by atoms with E-state index in [0.29, 0.717) is 26.2 Å². The first-order valence-electron chi connectivity index (χ1n) is 7.19. The predicted molar refractivity (Wildman–Crippen MR) is 76.0 cm³/mol. The fourth-order valence-electron chi connectivity index (χ4n) is 2.60. The van der Waals surface area contributed by atoms with Crippen molar-refractivity contribution in [1.82, 2.24) is 9.80 Å². The summed E-state index contributed by atoms with van der Waals surface area (Å²) in [4.78, 5) is 27.8. The van der Waals surface area contributed by atoms with Gasteiger partial charge < -0.3 is 15.5 Å². The first-order chi connectivity index (χ1) is 10.1. The summed E-state index contributed by atoms with van der Waals surface area (Å²) in [6, 6.07) is 3.80. The molecule has 2 amide bonds. The first-order valence-corrected chi connectivity index (χ1v) is 7.19. The molecule has 2 aliphatic rings. The van der Waals surface area contributed by atoms with Crippen LogP contribution in [0.15, 0.2) is 18.2 Å². The summed E-state index contributed by atoms with van der Waals surface area (Å²) in [5, 5.41) is 0. The third kappa shape index (κ3) is 2.84. The van der Waals surface area contributed by atoms with Crippen LogP contribution < -0.4 is 5.73 Å². The van der Waals surface area contributed by atoms with Gasteiger partial charge in [0.25, 0.3) is 5.91 Å². The Balaban J connectivity index is 1.64. The van der Waals surface area contributed by atoms with E-state index >= 15 is 0 Å². The molecule has 1 saturated heterocycles. The first kappa shape index (κ1) is 13.9. The van der Waals surface area contributed by atoms with Gasteiger partial charge in [0.05, 0.1) is 5.56 Å². The Bertz CT molecular complexity index is 578. The molecule has 1 aromatic carbocycles. The standard InChI is InChI=1S/C15H18FN3O2/c16-11-3-4-13(17)12(9-11)15(21)19-7-5-18(6-8-19)14(20)10-1-2-10/h3-4,9-10H,1-2,5-8,17H2. The monoisotopic (exact) mass is 291 g/mol. The number of hydrogen-bond donors (Lipinski definition) is 1. The molecule has 3 rings (SSSR count). The Hall–Kier alpha value is -2.11. The number of nitrogens with zero attached hydrogens (tertiary/aromatic N) is 2. The van der Waals surface area contributed by atoms with Crippen molar-refractivity contribution >= 4 is 17.5 Å². The Kier molecular flexibility index (Phi) is 3.53. The summed E-state index contributed by atoms with van der Waals surface area (Å²) >= 11 is 0. The van der Waals surface area contributed by atoms with Crippen LogP contribution in [-0.2, 0) is 4.79 Å². The second kappa shape index (κ2) is 5.35. The number of halogens is 1. The van der Waals surface area contributed by atoms with Crippen LogP contribution in [0.4, 0.5) is 10.1 Å². The number of carbonyl (C=O) groups is 2. The lowest BCUT2D eigenvalue weighted by atomic mass is 10.1. The van der Waals surface area contributed by atoms with Gasteiger partial charge in [-0.15, -0.1) is 0 Å². The lowest BCUT2D eigenvalue weighted by molar-refractivity contribution is -0.134. The van der Waals surface area contributed by atoms with Crippen molar-refractivity contribution in [2.24, 2.45) is 5.92 Å². The summed E-state index contributed by atoms with van der Waals surface area (Å²) < 4.78 is 13.3. The summed E-state index contributed by atoms with van der Waals surface area (Å²) in [7, 11) is 0. The van der Waals surface area contributed by atoms with Crippen molar-refractivity contribution < 1.29 is 14.0 Å². The molecular formula is C15H18FN3O2. The van der Waals surface area contributed by atoms with E-state index in [4.69, 9.17) is 5.73 Å². The molecule has 0 spiro atoms. The highest BCUT2D eigenvalue weighted by Gasteiger charge is 2.35. The van der Waals surface area contributed by atoms with Crippen LogP contribution in [0.1, 0.15) is 23.2 Å². The zero-order valence-electron chi connectivity index (χ0n) is 11.7. The van der Waals surface area contributed by atoms with E-state index < -0.39 is 5.82 Å². The van der Waals surface area contributed by atoms with Gasteiger partial charge in [-0.3, -0.25) is 9.59 Å². The maximum atomic E-state index is 13.3. The Morgan fingerprint density at radius 2 is 1.71 bits per heavy atom. The van der Waals surface area contributed by atoms with E-state index in [1.165, 1.54) is 18.2 Å². The van der Waals surface area contributed by atoms with E-state index in [9.17, 15) is 14.0 Å². The van der Waals surface area contributed by atoms with Crippen LogP contribution in [0.25, 0.3) is 0 Å². The number of nitrogen functional groups attached to an aromatic ring is 1. The number of hydrogen-bond acceptors (Lipinski definition) is 3. The molecule has 0 atom stereocenters. The molecule has 1 aliphatic carbocycles. The maximum Gasteiger partial charge on any atom is 0.256 e. The molecule has 0 unspecified atom stereocenters. The lowest BCUT2D eigenvalue weighted by Gasteiger charge is -2.35. The van der Waals surface area contributed by atoms with Gasteiger partial charge in [0.1, 0.15) is 5.82 Å². The molecule has 0 bridgehead atoms. The SMILES string of the molecule is Nc1ccc(F)cc1C(=O)N1CCN(C(=O)C2CC2)CC1. The average molecular weight is 291 g/mol. The third-order valence-corrected chi connectivity index (χ3v) is 4.05. The average Bonchev–Trinajstić information content (AvgIpc) is 3.33. The number of nitrogens with two attached hydrogens (primary N) is 1. The number of rotatable bonds is 2. The smallest absolute Gasteiger partial charge is 0.256 e. The van der Waals surface area contributed by atoms with E-state index in [-0.39, 0.29) is 29.0 Å². The Labute approximate surface area is 122 Å². The van der Waals surface area contributed by atoms with E-state index in [0.717, 1.165) is 12.8 Å². The van der Waals surface area contributed by atoms with Gasteiger partial charge in [-0.05, 0) is 31.0 Å². The highest BCUT2D eigenvalue weighted by atomic mass is 19.1. The van der Waals surface area contributed by atoms with Crippen LogP contribution in [0.5, 0.6) is 0 Å². The minimum Gasteiger partial charge on any atom is -0.398 e. The number of benzene rings is 1. The number of amides is 2. The molecule has 0 radical (unpaired) electrons. The van der Waals surface area contributed by atoms with Crippen LogP contribution in [0.2, 0.25) is 0 Å². The zero-order valence-corrected chi connectivity index (χ0v) is 11.7. The summed E-state index contributed by atoms with van der Waals surface area (Å²) in [5.41, 5.74) is 6.21. The summed E-state index contributed by atoms with van der Waals surface area (Å²) in [6.07, 6.45) is 1.97. The highest BCUT2D eigenvalue weighted by molar-refractivity contribution is 5.99. The van der Waals surface area contributed by atoms with Crippen LogP contribution in [-0.4, -0.2) is 47.8 Å². The van der Waals surface area contributed by atoms with E-state index in [1.807, 2.05) is 4.90 Å². The molecule has 0 aromatic heterocycles. The summed E-state index contributed by atoms with van der Waals surface area (Å²) in [6.45, 7) is 2.01. The second-order valence-corrected chi connectivity index (χ2v) is 5.62. The molecule has 1 heterocycles. The predicted octanol–water partition coefficient (Wildman–Crippen LogP) is 1.10. The minimum absolute atomic E-state index is 0.192. The fraction of sp³-hybridized carbons (Fsp3) is 0.467. The highest BCUT2D eigenvalue weighted by Crippen LogP contribution is 2.31. The molecular weight excluding hydrogens is 273 g/mol. The van der Waals surface area contributed by atoms with Crippen molar-refractivity contribution in [2.75, 3.05) is 31.9 Å². The second-order valence-electron chi connectivity index (χ2n) is 5.62. The largest absolute Gasteiger partial charge is 0.398 e. The molecule has 1 aromatic rings. The third-order valence-electron chi connectivity index (χ3n) is 4.05. The van der Waals surface area contributed by atoms with Gasteiger partial charge in [-0.25, -0.2) is 4.39 Å². The quantitative estimate of drug-likeness (QED) is 0.830. The van der Waals surface area contributed by atoms with Gasteiger partial charge in [0.15, 0.2) is 0 Å². The fourth-order valence-corrected chi connectivity index (χ4v) is 2.60. The zero-order chi connectivity index (χ0) is 15.0. The maximum absolute atomic E-state index is 13.3. The van der Waals surface area contributed by atoms with Gasteiger partial charge in [0, 0.05) is 37.8 Å². The van der Waals surface area contributed by atoms with Crippen LogP contribution in [0.3, 0.4) is 0 Å². The molecule has 1 saturated carbocycles. The van der Waals surface area contributed by atoms with Crippen molar-refractivity contribution in [3.05, 3.63) is 29.6 Å². The van der Waals surface area contributed by atoms with Crippen LogP contribution >= 0.6 is 0 Å². The Morgan fingerprint density at radius 1 is 1.10 bits per heavy atom. The molecule has 2 fully saturated rings. The number of piperazine rings is 1. The molecule has 2 N–H and O–H groups in total. The van der Waals surface area contributed by atoms with Crippen molar-refractivity contribution in [3.63, 3.8) is 0 Å². The molecule has 5 nitrogen and oxygen atoms in total. The number of anilines is 1. The van der Waals surface area contributed by atoms with Crippen molar-refractivity contribution in [2.45, 2.75) is 12.8 Å². The molecule has 1 aliphatic heterocycles. The number of carbonyl (C=O) groups excluding carboxylic acids is 2. The van der Waals surface area contributed by atoms with E-state index in [2.05, 4.69) is 0 Å². The molecule has 6 heteroatoms. The van der Waals surface area contributed by atoms with Crippen molar-refractivity contribution in [1.29, 1.82) is 0 Å². The lowest BCUT2D eigenvalue weighted by Crippen LogP contribution is -2.51. The van der Waals surface area contributed by atoms with E-state index in [1.54, 1.807) is 4.90 Å². The van der Waals surface area contributed by atoms with Crippen molar-refractivity contribution in [3.8, 4) is 0 Å². The van der Waals surface area contributed by atoms with Gasteiger partial charge in [0.2, 0.25) is 5.91 Å².